The van der Waals surface area contributed by atoms with Gasteiger partial charge in [-0.05, 0) is 48.5 Å². The van der Waals surface area contributed by atoms with E-state index in [9.17, 15) is 14.4 Å². The molecule has 0 saturated heterocycles. The largest absolute Gasteiger partial charge is 0.467 e. The van der Waals surface area contributed by atoms with Crippen molar-refractivity contribution in [2.24, 2.45) is 5.92 Å². The van der Waals surface area contributed by atoms with Crippen LogP contribution in [0.25, 0.3) is 0 Å². The van der Waals surface area contributed by atoms with Gasteiger partial charge in [0.2, 0.25) is 11.8 Å². The highest BCUT2D eigenvalue weighted by molar-refractivity contribution is 5.97. The summed E-state index contributed by atoms with van der Waals surface area (Å²) in [6, 6.07) is 17.4. The predicted octanol–water partition coefficient (Wildman–Crippen LogP) is 3.85. The molecule has 32 heavy (non-hydrogen) atoms. The zero-order chi connectivity index (χ0) is 22.9. The van der Waals surface area contributed by atoms with E-state index in [4.69, 9.17) is 4.42 Å². The minimum atomic E-state index is -0.259. The van der Waals surface area contributed by atoms with Gasteiger partial charge >= 0.3 is 0 Å². The summed E-state index contributed by atoms with van der Waals surface area (Å²) >= 11 is 0. The zero-order valence-corrected chi connectivity index (χ0v) is 18.0. The van der Waals surface area contributed by atoms with Crippen molar-refractivity contribution in [3.8, 4) is 0 Å². The number of amides is 3. The van der Waals surface area contributed by atoms with E-state index in [1.54, 1.807) is 66.9 Å². The molecule has 0 aliphatic carbocycles. The molecule has 0 spiro atoms. The van der Waals surface area contributed by atoms with Crippen molar-refractivity contribution in [1.29, 1.82) is 0 Å². The van der Waals surface area contributed by atoms with Gasteiger partial charge in [-0.2, -0.15) is 0 Å². The number of hydrogen-bond acceptors (Lipinski definition) is 5. The Balaban J connectivity index is 1.51. The van der Waals surface area contributed by atoms with E-state index in [1.807, 2.05) is 13.8 Å². The molecule has 0 saturated carbocycles. The Bertz CT molecular complexity index is 1080. The standard InChI is InChI=1S/C24H26N4O4/c1-16(2)23(30)28-20-9-4-8-19(13-20)27-22(29)15-25-18-7-3-6-17(12-18)24(31)26-14-21-10-5-11-32-21/h3-13,16,25H,14-15H2,1-2H3,(H,26,31)(H,27,29)(H,28,30). The molecule has 0 radical (unpaired) electrons. The minimum absolute atomic E-state index is 0.0139. The molecular weight excluding hydrogens is 408 g/mol. The lowest BCUT2D eigenvalue weighted by molar-refractivity contribution is -0.119. The molecule has 0 aliphatic heterocycles. The van der Waals surface area contributed by atoms with Crippen LogP contribution >= 0.6 is 0 Å². The van der Waals surface area contributed by atoms with Gasteiger partial charge in [-0.3, -0.25) is 14.4 Å². The van der Waals surface area contributed by atoms with Gasteiger partial charge in [0.15, 0.2) is 0 Å². The summed E-state index contributed by atoms with van der Waals surface area (Å²) in [4.78, 5) is 36.5. The van der Waals surface area contributed by atoms with Crippen LogP contribution in [0.15, 0.2) is 71.3 Å². The molecule has 1 heterocycles. The summed E-state index contributed by atoms with van der Waals surface area (Å²) in [5.74, 6) is -0.0689. The van der Waals surface area contributed by atoms with Gasteiger partial charge in [0.1, 0.15) is 5.76 Å². The number of hydrogen-bond donors (Lipinski definition) is 4. The summed E-state index contributed by atoms with van der Waals surface area (Å²) in [5.41, 5.74) is 2.30. The average Bonchev–Trinajstić information content (AvgIpc) is 3.30. The van der Waals surface area contributed by atoms with Crippen molar-refractivity contribution in [1.82, 2.24) is 5.32 Å². The van der Waals surface area contributed by atoms with E-state index in [0.29, 0.717) is 34.9 Å². The van der Waals surface area contributed by atoms with Gasteiger partial charge in [0.25, 0.3) is 5.91 Å². The number of anilines is 3. The molecule has 3 amide bonds. The number of nitrogens with one attached hydrogen (secondary N) is 4. The van der Waals surface area contributed by atoms with Crippen LogP contribution in [0.4, 0.5) is 17.1 Å². The van der Waals surface area contributed by atoms with Crippen LogP contribution in [0, 0.1) is 5.92 Å². The first-order chi connectivity index (χ1) is 15.4. The first kappa shape index (κ1) is 22.6. The van der Waals surface area contributed by atoms with Gasteiger partial charge in [-0.15, -0.1) is 0 Å². The third kappa shape index (κ3) is 6.73. The van der Waals surface area contributed by atoms with Gasteiger partial charge < -0.3 is 25.7 Å². The van der Waals surface area contributed by atoms with Crippen molar-refractivity contribution >= 4 is 34.8 Å². The molecule has 8 nitrogen and oxygen atoms in total. The van der Waals surface area contributed by atoms with E-state index in [-0.39, 0.29) is 30.2 Å². The van der Waals surface area contributed by atoms with E-state index in [2.05, 4.69) is 21.3 Å². The Morgan fingerprint density at radius 2 is 1.59 bits per heavy atom. The molecule has 2 aromatic carbocycles. The van der Waals surface area contributed by atoms with E-state index >= 15 is 0 Å². The second-order valence-corrected chi connectivity index (χ2v) is 7.47. The Labute approximate surface area is 186 Å². The topological polar surface area (TPSA) is 112 Å². The predicted molar refractivity (Wildman–Crippen MR) is 123 cm³/mol. The lowest BCUT2D eigenvalue weighted by Crippen LogP contribution is -2.23. The highest BCUT2D eigenvalue weighted by Gasteiger charge is 2.10. The minimum Gasteiger partial charge on any atom is -0.467 e. The molecule has 0 fully saturated rings. The maximum Gasteiger partial charge on any atom is 0.251 e. The zero-order valence-electron chi connectivity index (χ0n) is 18.0. The van der Waals surface area contributed by atoms with Crippen LogP contribution in [0.3, 0.4) is 0 Å². The van der Waals surface area contributed by atoms with Crippen molar-refractivity contribution in [3.05, 3.63) is 78.3 Å². The molecule has 8 heteroatoms. The Kier molecular flexibility index (Phi) is 7.64. The molecule has 3 aromatic rings. The number of carbonyl (C=O) groups is 3. The van der Waals surface area contributed by atoms with Crippen LogP contribution in [-0.2, 0) is 16.1 Å². The maximum atomic E-state index is 12.3. The summed E-state index contributed by atoms with van der Waals surface area (Å²) in [5, 5.41) is 11.4. The monoisotopic (exact) mass is 434 g/mol. The van der Waals surface area contributed by atoms with E-state index in [1.165, 1.54) is 0 Å². The quantitative estimate of drug-likeness (QED) is 0.409. The van der Waals surface area contributed by atoms with Gasteiger partial charge in [0.05, 0.1) is 19.4 Å². The lowest BCUT2D eigenvalue weighted by Gasteiger charge is -2.11. The summed E-state index contributed by atoms with van der Waals surface area (Å²) in [6.45, 7) is 3.93. The highest BCUT2D eigenvalue weighted by Crippen LogP contribution is 2.16. The van der Waals surface area contributed by atoms with Crippen LogP contribution in [0.1, 0.15) is 30.0 Å². The fourth-order valence-corrected chi connectivity index (χ4v) is 2.80. The van der Waals surface area contributed by atoms with Crippen LogP contribution in [-0.4, -0.2) is 24.3 Å². The van der Waals surface area contributed by atoms with E-state index < -0.39 is 0 Å². The molecule has 1 aromatic heterocycles. The van der Waals surface area contributed by atoms with Gasteiger partial charge in [-0.25, -0.2) is 0 Å². The SMILES string of the molecule is CC(C)C(=O)Nc1cccc(NC(=O)CNc2cccc(C(=O)NCc3ccco3)c2)c1. The number of rotatable bonds is 9. The number of furan rings is 1. The number of carbonyl (C=O) groups excluding carboxylic acids is 3. The highest BCUT2D eigenvalue weighted by atomic mass is 16.3. The van der Waals surface area contributed by atoms with Crippen molar-refractivity contribution < 1.29 is 18.8 Å². The van der Waals surface area contributed by atoms with Crippen molar-refractivity contribution in [2.45, 2.75) is 20.4 Å². The second kappa shape index (κ2) is 10.8. The van der Waals surface area contributed by atoms with Crippen LogP contribution in [0.2, 0.25) is 0 Å². The first-order valence-corrected chi connectivity index (χ1v) is 10.3. The first-order valence-electron chi connectivity index (χ1n) is 10.3. The average molecular weight is 434 g/mol. The van der Waals surface area contributed by atoms with Crippen LogP contribution < -0.4 is 21.3 Å². The van der Waals surface area contributed by atoms with Crippen LogP contribution in [0.5, 0.6) is 0 Å². The fourth-order valence-electron chi connectivity index (χ4n) is 2.80. The molecule has 3 rings (SSSR count). The Hall–Kier alpha value is -4.07. The molecule has 166 valence electrons. The van der Waals surface area contributed by atoms with Crippen molar-refractivity contribution in [3.63, 3.8) is 0 Å². The second-order valence-electron chi connectivity index (χ2n) is 7.47. The Morgan fingerprint density at radius 3 is 2.31 bits per heavy atom. The maximum absolute atomic E-state index is 12.3. The molecular formula is C24H26N4O4. The molecule has 4 N–H and O–H groups in total. The lowest BCUT2D eigenvalue weighted by atomic mass is 10.2. The summed E-state index contributed by atoms with van der Waals surface area (Å²) in [6.07, 6.45) is 1.55. The number of benzene rings is 2. The summed E-state index contributed by atoms with van der Waals surface area (Å²) < 4.78 is 5.20. The Morgan fingerprint density at radius 1 is 0.875 bits per heavy atom. The smallest absolute Gasteiger partial charge is 0.251 e. The fraction of sp³-hybridized carbons (Fsp3) is 0.208. The summed E-state index contributed by atoms with van der Waals surface area (Å²) in [7, 11) is 0. The molecule has 0 atom stereocenters. The normalized spacial score (nSPS) is 10.5. The van der Waals surface area contributed by atoms with Gasteiger partial charge in [0, 0.05) is 28.5 Å². The molecule has 0 aliphatic rings. The molecule has 0 unspecified atom stereocenters. The third-order valence-corrected chi connectivity index (χ3v) is 4.52. The van der Waals surface area contributed by atoms with Gasteiger partial charge in [-0.1, -0.05) is 26.0 Å². The third-order valence-electron chi connectivity index (χ3n) is 4.52. The van der Waals surface area contributed by atoms with E-state index in [0.717, 1.165) is 0 Å². The van der Waals surface area contributed by atoms with Crippen molar-refractivity contribution in [2.75, 3.05) is 22.5 Å². The molecule has 0 bridgehead atoms.